The summed E-state index contributed by atoms with van der Waals surface area (Å²) in [7, 11) is 0. The van der Waals surface area contributed by atoms with Crippen LogP contribution in [0.5, 0.6) is 0 Å². The Labute approximate surface area is 136 Å². The average Bonchev–Trinajstić information content (AvgIpc) is 2.96. The Hall–Kier alpha value is -1.04. The number of aldehydes is 1. The number of anilines is 1. The number of hydrogen-bond acceptors (Lipinski definition) is 2. The topological polar surface area (TPSA) is 20.3 Å². The molecule has 122 valence electrons. The SMILES string of the molecule is CCN(CC1CCCC1)c1cc(Br)c(C(F)(F)F)cc1C=O. The van der Waals surface area contributed by atoms with Crippen LogP contribution < -0.4 is 4.90 Å². The maximum absolute atomic E-state index is 12.9. The van der Waals surface area contributed by atoms with Gasteiger partial charge in [-0.2, -0.15) is 13.2 Å². The highest BCUT2D eigenvalue weighted by atomic mass is 79.9. The second-order valence-corrected chi connectivity index (χ2v) is 6.55. The van der Waals surface area contributed by atoms with Gasteiger partial charge in [-0.15, -0.1) is 0 Å². The van der Waals surface area contributed by atoms with Gasteiger partial charge in [-0.3, -0.25) is 4.79 Å². The second-order valence-electron chi connectivity index (χ2n) is 5.70. The molecule has 22 heavy (non-hydrogen) atoms. The summed E-state index contributed by atoms with van der Waals surface area (Å²) in [4.78, 5) is 13.3. The predicted octanol–water partition coefficient (Wildman–Crippen LogP) is 5.30. The van der Waals surface area contributed by atoms with Crippen LogP contribution in [-0.2, 0) is 6.18 Å². The lowest BCUT2D eigenvalue weighted by Gasteiger charge is -2.28. The van der Waals surface area contributed by atoms with E-state index in [-0.39, 0.29) is 10.0 Å². The molecule has 1 fully saturated rings. The molecule has 2 nitrogen and oxygen atoms in total. The highest BCUT2D eigenvalue weighted by Crippen LogP contribution is 2.39. The predicted molar refractivity (Wildman–Crippen MR) is 84.4 cm³/mol. The van der Waals surface area contributed by atoms with Crippen LogP contribution in [0.15, 0.2) is 16.6 Å². The Bertz CT molecular complexity index is 539. The van der Waals surface area contributed by atoms with Gasteiger partial charge in [-0.25, -0.2) is 0 Å². The summed E-state index contributed by atoms with van der Waals surface area (Å²) in [5.74, 6) is 0.556. The third kappa shape index (κ3) is 3.83. The van der Waals surface area contributed by atoms with Crippen molar-refractivity contribution in [1.29, 1.82) is 0 Å². The van der Waals surface area contributed by atoms with Crippen molar-refractivity contribution in [2.45, 2.75) is 38.8 Å². The molecule has 0 heterocycles. The molecule has 0 atom stereocenters. The fraction of sp³-hybridized carbons (Fsp3) is 0.562. The monoisotopic (exact) mass is 377 g/mol. The summed E-state index contributed by atoms with van der Waals surface area (Å²) >= 11 is 2.99. The molecular weight excluding hydrogens is 359 g/mol. The Morgan fingerprint density at radius 3 is 2.45 bits per heavy atom. The van der Waals surface area contributed by atoms with Crippen LogP contribution in [-0.4, -0.2) is 19.4 Å². The maximum atomic E-state index is 12.9. The summed E-state index contributed by atoms with van der Waals surface area (Å²) in [6.45, 7) is 3.40. The lowest BCUT2D eigenvalue weighted by Crippen LogP contribution is -2.29. The molecular formula is C16H19BrF3NO. The fourth-order valence-corrected chi connectivity index (χ4v) is 3.62. The van der Waals surface area contributed by atoms with Crippen molar-refractivity contribution < 1.29 is 18.0 Å². The normalized spacial score (nSPS) is 16.0. The van der Waals surface area contributed by atoms with Crippen molar-refractivity contribution in [2.75, 3.05) is 18.0 Å². The van der Waals surface area contributed by atoms with Gasteiger partial charge in [0.15, 0.2) is 6.29 Å². The van der Waals surface area contributed by atoms with E-state index in [4.69, 9.17) is 0 Å². The van der Waals surface area contributed by atoms with Gasteiger partial charge in [-0.1, -0.05) is 28.8 Å². The van der Waals surface area contributed by atoms with E-state index in [0.717, 1.165) is 25.5 Å². The molecule has 0 N–H and O–H groups in total. The van der Waals surface area contributed by atoms with E-state index in [0.29, 0.717) is 24.4 Å². The molecule has 2 rings (SSSR count). The quantitative estimate of drug-likeness (QED) is 0.649. The van der Waals surface area contributed by atoms with Crippen LogP contribution in [0, 0.1) is 5.92 Å². The van der Waals surface area contributed by atoms with Crippen molar-refractivity contribution in [3.05, 3.63) is 27.7 Å². The number of benzene rings is 1. The molecule has 0 spiro atoms. The molecule has 1 saturated carbocycles. The van der Waals surface area contributed by atoms with Gasteiger partial charge >= 0.3 is 6.18 Å². The average molecular weight is 378 g/mol. The van der Waals surface area contributed by atoms with Crippen LogP contribution in [0.25, 0.3) is 0 Å². The van der Waals surface area contributed by atoms with Crippen LogP contribution in [0.1, 0.15) is 48.5 Å². The van der Waals surface area contributed by atoms with E-state index in [1.807, 2.05) is 11.8 Å². The molecule has 1 aliphatic carbocycles. The number of carbonyl (C=O) groups excluding carboxylic acids is 1. The zero-order chi connectivity index (χ0) is 16.3. The van der Waals surface area contributed by atoms with Crippen molar-refractivity contribution in [3.63, 3.8) is 0 Å². The van der Waals surface area contributed by atoms with E-state index >= 15 is 0 Å². The van der Waals surface area contributed by atoms with Gasteiger partial charge in [0.1, 0.15) is 0 Å². The van der Waals surface area contributed by atoms with Crippen LogP contribution in [0.2, 0.25) is 0 Å². The van der Waals surface area contributed by atoms with Crippen molar-refractivity contribution in [1.82, 2.24) is 0 Å². The van der Waals surface area contributed by atoms with Gasteiger partial charge in [0.2, 0.25) is 0 Å². The highest BCUT2D eigenvalue weighted by molar-refractivity contribution is 9.10. The van der Waals surface area contributed by atoms with Gasteiger partial charge in [0, 0.05) is 28.8 Å². The molecule has 0 aliphatic heterocycles. The smallest absolute Gasteiger partial charge is 0.371 e. The Morgan fingerprint density at radius 1 is 1.32 bits per heavy atom. The Kier molecular flexibility index (Phi) is 5.53. The van der Waals surface area contributed by atoms with Gasteiger partial charge in [0.25, 0.3) is 0 Å². The maximum Gasteiger partial charge on any atom is 0.417 e. The number of halogens is 4. The fourth-order valence-electron chi connectivity index (χ4n) is 3.07. The second kappa shape index (κ2) is 7.02. The summed E-state index contributed by atoms with van der Waals surface area (Å²) in [6, 6.07) is 2.36. The van der Waals surface area contributed by atoms with Crippen LogP contribution in [0.4, 0.5) is 18.9 Å². The Morgan fingerprint density at radius 2 is 1.95 bits per heavy atom. The van der Waals surface area contributed by atoms with Crippen LogP contribution >= 0.6 is 15.9 Å². The van der Waals surface area contributed by atoms with Crippen molar-refractivity contribution in [2.24, 2.45) is 5.92 Å². The number of rotatable bonds is 5. The minimum absolute atomic E-state index is 0.0227. The molecule has 0 radical (unpaired) electrons. The van der Waals surface area contributed by atoms with E-state index in [1.165, 1.54) is 18.9 Å². The molecule has 0 saturated heterocycles. The summed E-state index contributed by atoms with van der Waals surface area (Å²) in [5, 5.41) is 0. The minimum atomic E-state index is -4.47. The number of alkyl halides is 3. The van der Waals surface area contributed by atoms with E-state index in [1.54, 1.807) is 0 Å². The zero-order valence-corrected chi connectivity index (χ0v) is 14.0. The van der Waals surface area contributed by atoms with E-state index in [9.17, 15) is 18.0 Å². The molecule has 0 aromatic heterocycles. The molecule has 1 aromatic carbocycles. The molecule has 6 heteroatoms. The van der Waals surface area contributed by atoms with E-state index < -0.39 is 11.7 Å². The van der Waals surface area contributed by atoms with Crippen LogP contribution in [0.3, 0.4) is 0 Å². The molecule has 1 aromatic rings. The Balaban J connectivity index is 2.35. The first-order chi connectivity index (χ1) is 10.4. The lowest BCUT2D eigenvalue weighted by atomic mass is 10.0. The minimum Gasteiger partial charge on any atom is -0.371 e. The number of hydrogen-bond donors (Lipinski definition) is 0. The van der Waals surface area contributed by atoms with Crippen molar-refractivity contribution >= 4 is 27.9 Å². The molecule has 0 bridgehead atoms. The number of nitrogens with zero attached hydrogens (tertiary/aromatic N) is 1. The van der Waals surface area contributed by atoms with Gasteiger partial charge in [-0.05, 0) is 37.8 Å². The zero-order valence-electron chi connectivity index (χ0n) is 12.4. The molecule has 0 unspecified atom stereocenters. The van der Waals surface area contributed by atoms with Crippen molar-refractivity contribution in [3.8, 4) is 0 Å². The standard InChI is InChI=1S/C16H19BrF3NO/c1-2-21(9-11-5-3-4-6-11)15-8-14(17)13(16(18,19)20)7-12(15)10-22/h7-8,10-11H,2-6,9H2,1H3. The van der Waals surface area contributed by atoms with Gasteiger partial charge < -0.3 is 4.90 Å². The van der Waals surface area contributed by atoms with Gasteiger partial charge in [0.05, 0.1) is 5.56 Å². The number of carbonyl (C=O) groups is 1. The van der Waals surface area contributed by atoms with E-state index in [2.05, 4.69) is 15.9 Å². The summed E-state index contributed by atoms with van der Waals surface area (Å²) in [5.41, 5.74) is -0.144. The lowest BCUT2D eigenvalue weighted by molar-refractivity contribution is -0.138. The molecule has 0 amide bonds. The third-order valence-corrected chi connectivity index (χ3v) is 4.88. The highest BCUT2D eigenvalue weighted by Gasteiger charge is 2.34. The third-order valence-electron chi connectivity index (χ3n) is 4.22. The summed E-state index contributed by atoms with van der Waals surface area (Å²) < 4.78 is 38.8. The first-order valence-electron chi connectivity index (χ1n) is 7.47. The first-order valence-corrected chi connectivity index (χ1v) is 8.27. The largest absolute Gasteiger partial charge is 0.417 e. The summed E-state index contributed by atoms with van der Waals surface area (Å²) in [6.07, 6.45) is 0.744. The molecule has 1 aliphatic rings. The first kappa shape index (κ1) is 17.3.